The predicted molar refractivity (Wildman–Crippen MR) is 92.1 cm³/mol. The molecule has 0 radical (unpaired) electrons. The Bertz CT molecular complexity index is 1080. The summed E-state index contributed by atoms with van der Waals surface area (Å²) in [5.74, 6) is -0.248. The molecule has 3 heterocycles. The van der Waals surface area contributed by atoms with Crippen molar-refractivity contribution in [1.29, 1.82) is 0 Å². The second-order valence-electron chi connectivity index (χ2n) is 5.05. The molecule has 0 unspecified atom stereocenters. The van der Waals surface area contributed by atoms with Gasteiger partial charge in [-0.05, 0) is 24.3 Å². The van der Waals surface area contributed by atoms with E-state index in [0.29, 0.717) is 16.0 Å². The molecule has 0 atom stereocenters. The Hall–Kier alpha value is -2.99. The van der Waals surface area contributed by atoms with Gasteiger partial charge in [-0.1, -0.05) is 18.2 Å². The summed E-state index contributed by atoms with van der Waals surface area (Å²) in [4.78, 5) is 31.9. The van der Waals surface area contributed by atoms with Crippen LogP contribution in [-0.4, -0.2) is 15.9 Å². The van der Waals surface area contributed by atoms with E-state index in [9.17, 15) is 9.59 Å². The average molecular weight is 321 g/mol. The normalized spacial score (nSPS) is 11.0. The van der Waals surface area contributed by atoms with E-state index in [1.807, 2.05) is 24.3 Å². The van der Waals surface area contributed by atoms with Gasteiger partial charge >= 0.3 is 0 Å². The molecular weight excluding hydrogens is 310 g/mol. The van der Waals surface area contributed by atoms with E-state index in [2.05, 4.69) is 15.3 Å². The molecule has 5 nitrogen and oxygen atoms in total. The Labute approximate surface area is 134 Å². The van der Waals surface area contributed by atoms with E-state index in [1.54, 1.807) is 30.6 Å². The number of hydrogen-bond donors (Lipinski definition) is 2. The highest BCUT2D eigenvalue weighted by atomic mass is 32.1. The zero-order valence-corrected chi connectivity index (χ0v) is 12.7. The van der Waals surface area contributed by atoms with Crippen molar-refractivity contribution < 1.29 is 4.79 Å². The van der Waals surface area contributed by atoms with Crippen molar-refractivity contribution in [2.75, 3.05) is 5.32 Å². The van der Waals surface area contributed by atoms with Gasteiger partial charge in [-0.15, -0.1) is 11.3 Å². The van der Waals surface area contributed by atoms with Crippen LogP contribution in [0.3, 0.4) is 0 Å². The maximum Gasteiger partial charge on any atom is 0.265 e. The van der Waals surface area contributed by atoms with Crippen LogP contribution in [0.25, 0.3) is 21.0 Å². The van der Waals surface area contributed by atoms with Crippen LogP contribution >= 0.6 is 11.3 Å². The zero-order chi connectivity index (χ0) is 15.8. The fourth-order valence-corrected chi connectivity index (χ4v) is 3.57. The highest BCUT2D eigenvalue weighted by molar-refractivity contribution is 7.21. The van der Waals surface area contributed by atoms with E-state index in [1.165, 1.54) is 11.3 Å². The minimum absolute atomic E-state index is 0.185. The third kappa shape index (κ3) is 2.39. The van der Waals surface area contributed by atoms with Gasteiger partial charge in [0.1, 0.15) is 0 Å². The summed E-state index contributed by atoms with van der Waals surface area (Å²) in [6.45, 7) is 0. The van der Waals surface area contributed by atoms with Gasteiger partial charge in [-0.25, -0.2) is 0 Å². The summed E-state index contributed by atoms with van der Waals surface area (Å²) < 4.78 is 0.820. The summed E-state index contributed by atoms with van der Waals surface area (Å²) in [5, 5.41) is 4.25. The Balaban J connectivity index is 1.83. The molecule has 0 aliphatic rings. The van der Waals surface area contributed by atoms with Gasteiger partial charge < -0.3 is 10.3 Å². The van der Waals surface area contributed by atoms with Crippen LogP contribution in [-0.2, 0) is 0 Å². The largest absolute Gasteiger partial charge is 0.321 e. The number of aromatic nitrogens is 2. The lowest BCUT2D eigenvalue weighted by atomic mass is 10.2. The number of aromatic amines is 1. The lowest BCUT2D eigenvalue weighted by Gasteiger charge is -2.01. The molecule has 112 valence electrons. The van der Waals surface area contributed by atoms with Crippen molar-refractivity contribution in [1.82, 2.24) is 9.97 Å². The number of amides is 1. The maximum atomic E-state index is 12.4. The molecule has 1 aromatic carbocycles. The summed E-state index contributed by atoms with van der Waals surface area (Å²) in [6.07, 6.45) is 3.22. The second kappa shape index (κ2) is 5.33. The van der Waals surface area contributed by atoms with E-state index < -0.39 is 0 Å². The number of para-hydroxylation sites is 1. The van der Waals surface area contributed by atoms with Gasteiger partial charge in [0.2, 0.25) is 0 Å². The van der Waals surface area contributed by atoms with E-state index in [4.69, 9.17) is 0 Å². The Morgan fingerprint density at radius 1 is 1.13 bits per heavy atom. The predicted octanol–water partition coefficient (Wildman–Crippen LogP) is 3.39. The zero-order valence-electron chi connectivity index (χ0n) is 11.9. The molecule has 6 heteroatoms. The number of thiophene rings is 1. The SMILES string of the molecule is O=C(Nc1cccnc1)c1cc2c(=O)[nH]c3ccccc3c2s1. The number of anilines is 1. The van der Waals surface area contributed by atoms with Crippen LogP contribution in [0.2, 0.25) is 0 Å². The van der Waals surface area contributed by atoms with Crippen molar-refractivity contribution in [2.24, 2.45) is 0 Å². The van der Waals surface area contributed by atoms with E-state index in [0.717, 1.165) is 15.6 Å². The molecule has 0 aliphatic heterocycles. The summed E-state index contributed by atoms with van der Waals surface area (Å²) in [6, 6.07) is 12.7. The Kier molecular flexibility index (Phi) is 3.17. The van der Waals surface area contributed by atoms with Gasteiger partial charge in [0.25, 0.3) is 11.5 Å². The lowest BCUT2D eigenvalue weighted by molar-refractivity contribution is 0.103. The van der Waals surface area contributed by atoms with Gasteiger partial charge in [0.15, 0.2) is 0 Å². The Morgan fingerprint density at radius 2 is 2.00 bits per heavy atom. The minimum atomic E-state index is -0.248. The van der Waals surface area contributed by atoms with Gasteiger partial charge in [0, 0.05) is 21.8 Å². The molecule has 0 bridgehead atoms. The first-order valence-corrected chi connectivity index (χ1v) is 7.80. The number of fused-ring (bicyclic) bond motifs is 3. The Morgan fingerprint density at radius 3 is 2.83 bits per heavy atom. The molecule has 4 rings (SSSR count). The molecule has 1 amide bonds. The number of carbonyl (C=O) groups is 1. The third-order valence-corrected chi connectivity index (χ3v) is 4.71. The molecule has 0 saturated heterocycles. The molecule has 0 spiro atoms. The van der Waals surface area contributed by atoms with Gasteiger partial charge in [0.05, 0.1) is 22.1 Å². The summed E-state index contributed by atoms with van der Waals surface area (Å²) >= 11 is 1.32. The molecular formula is C17H11N3O2S. The van der Waals surface area contributed by atoms with Crippen LogP contribution in [0, 0.1) is 0 Å². The van der Waals surface area contributed by atoms with Crippen molar-refractivity contribution in [3.8, 4) is 0 Å². The summed E-state index contributed by atoms with van der Waals surface area (Å²) in [7, 11) is 0. The smallest absolute Gasteiger partial charge is 0.265 e. The number of carbonyl (C=O) groups excluding carboxylic acids is 1. The molecule has 0 fully saturated rings. The first kappa shape index (κ1) is 13.7. The molecule has 4 aromatic rings. The maximum absolute atomic E-state index is 12.4. The van der Waals surface area contributed by atoms with Crippen LogP contribution in [0.5, 0.6) is 0 Å². The minimum Gasteiger partial charge on any atom is -0.321 e. The topological polar surface area (TPSA) is 74.8 Å². The quantitative estimate of drug-likeness (QED) is 0.594. The van der Waals surface area contributed by atoms with Crippen LogP contribution in [0.1, 0.15) is 9.67 Å². The van der Waals surface area contributed by atoms with E-state index in [-0.39, 0.29) is 11.5 Å². The van der Waals surface area contributed by atoms with Crippen molar-refractivity contribution in [2.45, 2.75) is 0 Å². The number of nitrogens with zero attached hydrogens (tertiary/aromatic N) is 1. The highest BCUT2D eigenvalue weighted by Gasteiger charge is 2.14. The van der Waals surface area contributed by atoms with Gasteiger partial charge in [-0.3, -0.25) is 14.6 Å². The van der Waals surface area contributed by atoms with Crippen molar-refractivity contribution >= 4 is 43.9 Å². The first-order chi connectivity index (χ1) is 11.2. The third-order valence-electron chi connectivity index (χ3n) is 3.54. The standard InChI is InChI=1S/C17H11N3O2S/c21-16-12-8-14(17(22)19-10-4-3-7-18-9-10)23-15(12)11-5-1-2-6-13(11)20-16/h1-9H,(H,19,22)(H,20,21). The monoisotopic (exact) mass is 321 g/mol. The molecule has 2 N–H and O–H groups in total. The van der Waals surface area contributed by atoms with Gasteiger partial charge in [-0.2, -0.15) is 0 Å². The fraction of sp³-hybridized carbons (Fsp3) is 0. The van der Waals surface area contributed by atoms with Crippen LogP contribution in [0.4, 0.5) is 5.69 Å². The number of pyridine rings is 2. The van der Waals surface area contributed by atoms with Crippen LogP contribution in [0.15, 0.2) is 59.7 Å². The number of H-pyrrole nitrogens is 1. The highest BCUT2D eigenvalue weighted by Crippen LogP contribution is 2.29. The van der Waals surface area contributed by atoms with E-state index >= 15 is 0 Å². The number of hydrogen-bond acceptors (Lipinski definition) is 4. The van der Waals surface area contributed by atoms with Crippen molar-refractivity contribution in [3.63, 3.8) is 0 Å². The van der Waals surface area contributed by atoms with Crippen LogP contribution < -0.4 is 10.9 Å². The first-order valence-electron chi connectivity index (χ1n) is 6.98. The average Bonchev–Trinajstić information content (AvgIpc) is 3.02. The summed E-state index contributed by atoms with van der Waals surface area (Å²) in [5.41, 5.74) is 1.20. The second-order valence-corrected chi connectivity index (χ2v) is 6.10. The number of benzene rings is 1. The number of rotatable bonds is 2. The fourth-order valence-electron chi connectivity index (χ4n) is 2.48. The molecule has 0 aliphatic carbocycles. The number of nitrogens with one attached hydrogen (secondary N) is 2. The lowest BCUT2D eigenvalue weighted by Crippen LogP contribution is -2.10. The van der Waals surface area contributed by atoms with Crippen molar-refractivity contribution in [3.05, 3.63) is 70.1 Å². The molecule has 3 aromatic heterocycles. The molecule has 23 heavy (non-hydrogen) atoms. The molecule has 0 saturated carbocycles.